The van der Waals surface area contributed by atoms with Gasteiger partial charge in [-0.3, -0.25) is 4.79 Å². The molecule has 0 bridgehead atoms. The molecule has 2 saturated heterocycles. The minimum Gasteiger partial charge on any atom is -0.369 e. The van der Waals surface area contributed by atoms with Gasteiger partial charge in [-0.15, -0.1) is 0 Å². The maximum atomic E-state index is 13.5. The standard InChI is InChI=1S/C22H37ClN4O4SSi/c1-22(2,3)33(4,5)31-24-21(28)20-8-6-7-13-27(20)32(29,30)26-16-14-25(15-17-26)19-11-9-18(23)10-12-19/h9-12,20H,6-8,13-17H2,1-5H3,(H,24,28). The molecule has 0 spiro atoms. The predicted molar refractivity (Wildman–Crippen MR) is 135 cm³/mol. The summed E-state index contributed by atoms with van der Waals surface area (Å²) in [6.45, 7) is 12.6. The summed E-state index contributed by atoms with van der Waals surface area (Å²) in [7, 11) is -5.96. The zero-order chi connectivity index (χ0) is 24.4. The van der Waals surface area contributed by atoms with Gasteiger partial charge in [-0.05, 0) is 55.2 Å². The lowest BCUT2D eigenvalue weighted by Gasteiger charge is -2.41. The molecule has 3 rings (SSSR count). The third-order valence-electron chi connectivity index (χ3n) is 7.02. The van der Waals surface area contributed by atoms with Crippen LogP contribution in [-0.4, -0.2) is 70.0 Å². The lowest BCUT2D eigenvalue weighted by Crippen LogP contribution is -2.59. The summed E-state index contributed by atoms with van der Waals surface area (Å²) >= 11 is 5.98. The maximum Gasteiger partial charge on any atom is 0.282 e. The summed E-state index contributed by atoms with van der Waals surface area (Å²) < 4.78 is 35.8. The molecule has 2 aliphatic rings. The number of benzene rings is 1. The SMILES string of the molecule is CC(C)(C)[Si](C)(C)ONC(=O)C1CCCCN1S(=O)(=O)N1CCN(c2ccc(Cl)cc2)CC1. The molecule has 0 radical (unpaired) electrons. The van der Waals surface area contributed by atoms with Crippen LogP contribution in [0.5, 0.6) is 0 Å². The Bertz CT molecular complexity index is 929. The zero-order valence-corrected chi connectivity index (χ0v) is 22.9. The number of piperazine rings is 1. The molecule has 0 aliphatic carbocycles. The second-order valence-corrected chi connectivity index (χ2v) is 17.4. The Morgan fingerprint density at radius 2 is 1.67 bits per heavy atom. The molecule has 1 atom stereocenters. The van der Waals surface area contributed by atoms with E-state index in [1.54, 1.807) is 0 Å². The van der Waals surface area contributed by atoms with E-state index in [-0.39, 0.29) is 10.9 Å². The van der Waals surface area contributed by atoms with Crippen molar-refractivity contribution in [2.75, 3.05) is 37.6 Å². The first kappa shape index (κ1) is 26.4. The van der Waals surface area contributed by atoms with Crippen LogP contribution < -0.4 is 10.4 Å². The highest BCUT2D eigenvalue weighted by Crippen LogP contribution is 2.36. The highest BCUT2D eigenvalue weighted by atomic mass is 35.5. The van der Waals surface area contributed by atoms with Gasteiger partial charge in [-0.2, -0.15) is 17.0 Å². The molecular weight excluding hydrogens is 480 g/mol. The smallest absolute Gasteiger partial charge is 0.282 e. The Kier molecular flexibility index (Phi) is 8.18. The van der Waals surface area contributed by atoms with E-state index in [0.717, 1.165) is 18.5 Å². The van der Waals surface area contributed by atoms with E-state index in [0.29, 0.717) is 44.2 Å². The first-order valence-corrected chi connectivity index (χ1v) is 16.3. The summed E-state index contributed by atoms with van der Waals surface area (Å²) in [6, 6.07) is 6.81. The van der Waals surface area contributed by atoms with Gasteiger partial charge in [0.05, 0.1) is 0 Å². The average Bonchev–Trinajstić information content (AvgIpc) is 2.77. The van der Waals surface area contributed by atoms with Crippen molar-refractivity contribution in [1.29, 1.82) is 0 Å². The molecule has 1 unspecified atom stereocenters. The van der Waals surface area contributed by atoms with Gasteiger partial charge < -0.3 is 9.43 Å². The van der Waals surface area contributed by atoms with Crippen LogP contribution in [0.3, 0.4) is 0 Å². The van der Waals surface area contributed by atoms with Crippen molar-refractivity contribution in [3.05, 3.63) is 29.3 Å². The molecule has 2 fully saturated rings. The molecule has 33 heavy (non-hydrogen) atoms. The number of halogens is 1. The van der Waals surface area contributed by atoms with Gasteiger partial charge in [0.2, 0.25) is 8.32 Å². The van der Waals surface area contributed by atoms with Gasteiger partial charge in [0, 0.05) is 43.4 Å². The Labute approximate surface area is 204 Å². The predicted octanol–water partition coefficient (Wildman–Crippen LogP) is 3.61. The Morgan fingerprint density at radius 3 is 2.24 bits per heavy atom. The van der Waals surface area contributed by atoms with E-state index in [4.69, 9.17) is 16.1 Å². The molecular formula is C22H37ClN4O4SSi. The molecule has 11 heteroatoms. The van der Waals surface area contributed by atoms with Gasteiger partial charge in [0.25, 0.3) is 16.1 Å². The number of carbonyl (C=O) groups is 1. The van der Waals surface area contributed by atoms with E-state index in [2.05, 4.69) is 31.2 Å². The van der Waals surface area contributed by atoms with Crippen LogP contribution in [0, 0.1) is 0 Å². The summed E-state index contributed by atoms with van der Waals surface area (Å²) in [4.78, 5) is 15.2. The van der Waals surface area contributed by atoms with Gasteiger partial charge in [-0.25, -0.2) is 5.48 Å². The Morgan fingerprint density at radius 1 is 1.06 bits per heavy atom. The summed E-state index contributed by atoms with van der Waals surface area (Å²) in [5, 5.41) is 0.606. The van der Waals surface area contributed by atoms with Crippen molar-refractivity contribution < 1.29 is 17.7 Å². The lowest BCUT2D eigenvalue weighted by molar-refractivity contribution is -0.133. The van der Waals surface area contributed by atoms with Gasteiger partial charge in [0.1, 0.15) is 6.04 Å². The van der Waals surface area contributed by atoms with Gasteiger partial charge in [0.15, 0.2) is 0 Å². The fourth-order valence-corrected chi connectivity index (χ4v) is 6.41. The van der Waals surface area contributed by atoms with Gasteiger partial charge in [-0.1, -0.05) is 38.8 Å². The molecule has 8 nitrogen and oxygen atoms in total. The summed E-state index contributed by atoms with van der Waals surface area (Å²) in [5.41, 5.74) is 3.64. The van der Waals surface area contributed by atoms with E-state index in [1.807, 2.05) is 37.4 Å². The van der Waals surface area contributed by atoms with Crippen molar-refractivity contribution >= 4 is 41.7 Å². The van der Waals surface area contributed by atoms with E-state index in [1.165, 1.54) is 8.61 Å². The highest BCUT2D eigenvalue weighted by Gasteiger charge is 2.43. The minimum atomic E-state index is -3.76. The first-order chi connectivity index (χ1) is 15.3. The molecule has 2 heterocycles. The number of nitrogens with one attached hydrogen (secondary N) is 1. The van der Waals surface area contributed by atoms with Crippen molar-refractivity contribution in [2.45, 2.75) is 64.2 Å². The number of hydroxylamine groups is 1. The normalized spacial score (nSPS) is 21.8. The molecule has 1 N–H and O–H groups in total. The Balaban J connectivity index is 1.65. The van der Waals surface area contributed by atoms with E-state index < -0.39 is 24.6 Å². The fourth-order valence-electron chi connectivity index (χ4n) is 3.82. The Hall–Kier alpha value is -1.17. The number of hydrogen-bond donors (Lipinski definition) is 1. The largest absolute Gasteiger partial charge is 0.369 e. The number of amides is 1. The van der Waals surface area contributed by atoms with Crippen molar-refractivity contribution in [1.82, 2.24) is 14.1 Å². The second-order valence-electron chi connectivity index (χ2n) is 10.3. The van der Waals surface area contributed by atoms with E-state index >= 15 is 0 Å². The molecule has 1 amide bonds. The summed E-state index contributed by atoms with van der Waals surface area (Å²) in [6.07, 6.45) is 2.06. The average molecular weight is 517 g/mol. The van der Waals surface area contributed by atoms with Crippen molar-refractivity contribution in [3.63, 3.8) is 0 Å². The number of nitrogens with zero attached hydrogens (tertiary/aromatic N) is 3. The van der Waals surface area contributed by atoms with Crippen LogP contribution >= 0.6 is 11.6 Å². The van der Waals surface area contributed by atoms with E-state index in [9.17, 15) is 13.2 Å². The van der Waals surface area contributed by atoms with Crippen molar-refractivity contribution in [3.8, 4) is 0 Å². The number of rotatable bonds is 6. The second kappa shape index (κ2) is 10.2. The molecule has 0 aromatic heterocycles. The molecule has 1 aromatic rings. The van der Waals surface area contributed by atoms with Crippen LogP contribution in [0.25, 0.3) is 0 Å². The number of anilines is 1. The minimum absolute atomic E-state index is 0.0671. The zero-order valence-electron chi connectivity index (χ0n) is 20.3. The first-order valence-electron chi connectivity index (χ1n) is 11.6. The maximum absolute atomic E-state index is 13.5. The quantitative estimate of drug-likeness (QED) is 0.461. The molecule has 0 saturated carbocycles. The molecule has 186 valence electrons. The summed E-state index contributed by atoms with van der Waals surface area (Å²) in [5.74, 6) is -0.372. The van der Waals surface area contributed by atoms with Crippen LogP contribution in [0.4, 0.5) is 5.69 Å². The van der Waals surface area contributed by atoms with Crippen molar-refractivity contribution in [2.24, 2.45) is 0 Å². The third-order valence-corrected chi connectivity index (χ3v) is 13.5. The topological polar surface area (TPSA) is 82.2 Å². The molecule has 2 aliphatic heterocycles. The lowest BCUT2D eigenvalue weighted by atomic mass is 10.0. The number of hydrogen-bond acceptors (Lipinski definition) is 5. The monoisotopic (exact) mass is 516 g/mol. The fraction of sp³-hybridized carbons (Fsp3) is 0.682. The van der Waals surface area contributed by atoms with Crippen LogP contribution in [0.2, 0.25) is 23.2 Å². The van der Waals surface area contributed by atoms with Gasteiger partial charge >= 0.3 is 0 Å². The van der Waals surface area contributed by atoms with Crippen LogP contribution in [0.1, 0.15) is 40.0 Å². The highest BCUT2D eigenvalue weighted by molar-refractivity contribution is 7.86. The van der Waals surface area contributed by atoms with Crippen LogP contribution in [-0.2, 0) is 19.5 Å². The third kappa shape index (κ3) is 6.10. The number of carbonyl (C=O) groups excluding carboxylic acids is 1. The van der Waals surface area contributed by atoms with Crippen LogP contribution in [0.15, 0.2) is 24.3 Å². The molecule has 1 aromatic carbocycles. The number of piperidine rings is 1.